The SMILES string of the molecule is O=C(CSc1nnc(Cc2ccccc2)n1-n1cccc1)NC1CCCCCC1. The van der Waals surface area contributed by atoms with E-state index in [1.807, 2.05) is 52.1 Å². The lowest BCUT2D eigenvalue weighted by atomic mass is 10.1. The molecule has 3 aromatic rings. The molecule has 1 fully saturated rings. The van der Waals surface area contributed by atoms with Crippen LogP contribution in [0.3, 0.4) is 0 Å². The molecule has 1 aliphatic carbocycles. The van der Waals surface area contributed by atoms with Crippen LogP contribution in [0.25, 0.3) is 0 Å². The van der Waals surface area contributed by atoms with Gasteiger partial charge in [-0.05, 0) is 30.5 Å². The maximum atomic E-state index is 12.5. The smallest absolute Gasteiger partial charge is 0.230 e. The maximum Gasteiger partial charge on any atom is 0.230 e. The lowest BCUT2D eigenvalue weighted by molar-refractivity contribution is -0.119. The second-order valence-corrected chi connectivity index (χ2v) is 8.42. The van der Waals surface area contributed by atoms with E-state index in [4.69, 9.17) is 0 Å². The minimum absolute atomic E-state index is 0.0774. The van der Waals surface area contributed by atoms with Gasteiger partial charge in [-0.1, -0.05) is 67.8 Å². The van der Waals surface area contributed by atoms with Crippen LogP contribution in [-0.4, -0.2) is 37.3 Å². The monoisotopic (exact) mass is 409 g/mol. The summed E-state index contributed by atoms with van der Waals surface area (Å²) in [4.78, 5) is 12.5. The lowest BCUT2D eigenvalue weighted by Crippen LogP contribution is -2.35. The van der Waals surface area contributed by atoms with E-state index in [1.165, 1.54) is 43.0 Å². The number of hydrogen-bond donors (Lipinski definition) is 1. The van der Waals surface area contributed by atoms with Crippen LogP contribution in [0.5, 0.6) is 0 Å². The molecule has 0 unspecified atom stereocenters. The first-order valence-corrected chi connectivity index (χ1v) is 11.3. The summed E-state index contributed by atoms with van der Waals surface area (Å²) < 4.78 is 3.94. The Labute approximate surface area is 175 Å². The number of hydrogen-bond acceptors (Lipinski definition) is 4. The van der Waals surface area contributed by atoms with Crippen molar-refractivity contribution in [3.8, 4) is 0 Å². The second kappa shape index (κ2) is 9.78. The number of nitrogens with one attached hydrogen (secondary N) is 1. The van der Waals surface area contributed by atoms with Crippen LogP contribution in [0.4, 0.5) is 0 Å². The van der Waals surface area contributed by atoms with Crippen molar-refractivity contribution in [1.82, 2.24) is 24.9 Å². The summed E-state index contributed by atoms with van der Waals surface area (Å²) >= 11 is 1.44. The first-order chi connectivity index (χ1) is 14.3. The van der Waals surface area contributed by atoms with E-state index in [0.717, 1.165) is 23.8 Å². The minimum atomic E-state index is 0.0774. The molecule has 1 N–H and O–H groups in total. The largest absolute Gasteiger partial charge is 0.353 e. The Bertz CT molecular complexity index is 899. The highest BCUT2D eigenvalue weighted by molar-refractivity contribution is 7.99. The molecule has 0 radical (unpaired) electrons. The van der Waals surface area contributed by atoms with Gasteiger partial charge in [-0.25, -0.2) is 4.68 Å². The molecule has 0 atom stereocenters. The molecule has 1 aromatic carbocycles. The second-order valence-electron chi connectivity index (χ2n) is 7.48. The fraction of sp³-hybridized carbons (Fsp3) is 0.409. The van der Waals surface area contributed by atoms with Gasteiger partial charge < -0.3 is 5.32 Å². The van der Waals surface area contributed by atoms with Gasteiger partial charge in [0, 0.05) is 24.9 Å². The van der Waals surface area contributed by atoms with Crippen molar-refractivity contribution in [1.29, 1.82) is 0 Å². The number of thioether (sulfide) groups is 1. The van der Waals surface area contributed by atoms with E-state index in [2.05, 4.69) is 27.6 Å². The van der Waals surface area contributed by atoms with Crippen LogP contribution in [-0.2, 0) is 11.2 Å². The predicted molar refractivity (Wildman–Crippen MR) is 115 cm³/mol. The van der Waals surface area contributed by atoms with Crippen molar-refractivity contribution in [2.24, 2.45) is 0 Å². The fourth-order valence-electron chi connectivity index (χ4n) is 3.79. The number of aromatic nitrogens is 4. The van der Waals surface area contributed by atoms with Gasteiger partial charge in [0.25, 0.3) is 0 Å². The fourth-order valence-corrected chi connectivity index (χ4v) is 4.55. The van der Waals surface area contributed by atoms with Crippen LogP contribution in [0, 0.1) is 0 Å². The Morgan fingerprint density at radius 3 is 2.45 bits per heavy atom. The molecule has 152 valence electrons. The molecule has 0 saturated heterocycles. The summed E-state index contributed by atoms with van der Waals surface area (Å²) in [7, 11) is 0. The van der Waals surface area contributed by atoms with E-state index in [1.54, 1.807) is 0 Å². The van der Waals surface area contributed by atoms with E-state index >= 15 is 0 Å². The molecule has 0 bridgehead atoms. The first-order valence-electron chi connectivity index (χ1n) is 10.3. The van der Waals surface area contributed by atoms with Crippen molar-refractivity contribution in [2.75, 3.05) is 5.75 Å². The molecule has 0 aliphatic heterocycles. The van der Waals surface area contributed by atoms with Crippen LogP contribution in [0.1, 0.15) is 49.9 Å². The Morgan fingerprint density at radius 1 is 1.00 bits per heavy atom. The molecule has 1 saturated carbocycles. The molecule has 7 heteroatoms. The number of carbonyl (C=O) groups is 1. The van der Waals surface area contributed by atoms with Crippen LogP contribution in [0.15, 0.2) is 60.0 Å². The zero-order valence-electron chi connectivity index (χ0n) is 16.5. The molecular weight excluding hydrogens is 382 g/mol. The highest BCUT2D eigenvalue weighted by atomic mass is 32.2. The molecule has 6 nitrogen and oxygen atoms in total. The Balaban J connectivity index is 1.45. The normalized spacial score (nSPS) is 15.2. The first kappa shape index (κ1) is 19.8. The van der Waals surface area contributed by atoms with Gasteiger partial charge in [-0.2, -0.15) is 0 Å². The van der Waals surface area contributed by atoms with Gasteiger partial charge >= 0.3 is 0 Å². The predicted octanol–water partition coefficient (Wildman–Crippen LogP) is 3.91. The van der Waals surface area contributed by atoms with Gasteiger partial charge in [0.15, 0.2) is 5.82 Å². The van der Waals surface area contributed by atoms with Gasteiger partial charge in [0.05, 0.1) is 5.75 Å². The summed E-state index contributed by atoms with van der Waals surface area (Å²) in [5.74, 6) is 1.27. The standard InChI is InChI=1S/C22H27N5OS/c28-21(23-19-12-6-1-2-7-13-19)17-29-22-25-24-20(16-18-10-4-3-5-11-18)27(22)26-14-8-9-15-26/h3-5,8-11,14-15,19H,1-2,6-7,12-13,16-17H2,(H,23,28). The quantitative estimate of drug-likeness (QED) is 0.475. The third kappa shape index (κ3) is 5.29. The highest BCUT2D eigenvalue weighted by Crippen LogP contribution is 2.21. The molecule has 2 heterocycles. The number of amides is 1. The third-order valence-electron chi connectivity index (χ3n) is 5.25. The summed E-state index contributed by atoms with van der Waals surface area (Å²) in [5, 5.41) is 12.7. The van der Waals surface area contributed by atoms with E-state index in [-0.39, 0.29) is 5.91 Å². The maximum absolute atomic E-state index is 12.5. The van der Waals surface area contributed by atoms with Crippen molar-refractivity contribution in [2.45, 2.75) is 56.1 Å². The number of benzene rings is 1. The molecule has 2 aromatic heterocycles. The molecule has 29 heavy (non-hydrogen) atoms. The highest BCUT2D eigenvalue weighted by Gasteiger charge is 2.18. The van der Waals surface area contributed by atoms with Crippen LogP contribution >= 0.6 is 11.8 Å². The summed E-state index contributed by atoms with van der Waals surface area (Å²) in [6.45, 7) is 0. The average molecular weight is 410 g/mol. The topological polar surface area (TPSA) is 64.7 Å². The summed E-state index contributed by atoms with van der Waals surface area (Å²) in [5.41, 5.74) is 1.18. The van der Waals surface area contributed by atoms with E-state index < -0.39 is 0 Å². The van der Waals surface area contributed by atoms with Gasteiger partial charge in [-0.15, -0.1) is 10.2 Å². The van der Waals surface area contributed by atoms with Crippen LogP contribution < -0.4 is 5.32 Å². The molecule has 1 aliphatic rings. The van der Waals surface area contributed by atoms with Gasteiger partial charge in [0.2, 0.25) is 11.1 Å². The van der Waals surface area contributed by atoms with Gasteiger partial charge in [-0.3, -0.25) is 9.47 Å². The molecule has 0 spiro atoms. The van der Waals surface area contributed by atoms with Crippen molar-refractivity contribution in [3.05, 3.63) is 66.2 Å². The number of nitrogens with zero attached hydrogens (tertiary/aromatic N) is 4. The number of carbonyl (C=O) groups excluding carboxylic acids is 1. The Kier molecular flexibility index (Phi) is 6.67. The molecular formula is C22H27N5OS. The summed E-state index contributed by atoms with van der Waals surface area (Å²) in [6.07, 6.45) is 11.8. The molecule has 4 rings (SSSR count). The zero-order valence-corrected chi connectivity index (χ0v) is 17.4. The van der Waals surface area contributed by atoms with Crippen molar-refractivity contribution >= 4 is 17.7 Å². The third-order valence-corrected chi connectivity index (χ3v) is 6.17. The Morgan fingerprint density at radius 2 is 1.72 bits per heavy atom. The minimum Gasteiger partial charge on any atom is -0.353 e. The van der Waals surface area contributed by atoms with Crippen molar-refractivity contribution < 1.29 is 4.79 Å². The van der Waals surface area contributed by atoms with Gasteiger partial charge in [0.1, 0.15) is 0 Å². The van der Waals surface area contributed by atoms with Crippen LogP contribution in [0.2, 0.25) is 0 Å². The van der Waals surface area contributed by atoms with E-state index in [9.17, 15) is 4.79 Å². The average Bonchev–Trinajstić information content (AvgIpc) is 3.32. The van der Waals surface area contributed by atoms with E-state index in [0.29, 0.717) is 18.2 Å². The Hall–Kier alpha value is -2.54. The lowest BCUT2D eigenvalue weighted by Gasteiger charge is -2.16. The number of rotatable bonds is 7. The molecule has 1 amide bonds. The zero-order chi connectivity index (χ0) is 19.9. The summed E-state index contributed by atoms with van der Waals surface area (Å²) in [6, 6.07) is 14.5. The van der Waals surface area contributed by atoms with Crippen molar-refractivity contribution in [3.63, 3.8) is 0 Å².